The molecule has 0 aliphatic carbocycles. The Bertz CT molecular complexity index is 329. The van der Waals surface area contributed by atoms with E-state index in [1.54, 1.807) is 0 Å². The molecule has 0 aromatic carbocycles. The highest BCUT2D eigenvalue weighted by Gasteiger charge is 2.28. The van der Waals surface area contributed by atoms with Gasteiger partial charge in [-0.05, 0) is 24.4 Å². The number of aromatic nitrogens is 2. The Kier molecular flexibility index (Phi) is 2.69. The van der Waals surface area contributed by atoms with Crippen LogP contribution in [0.25, 0.3) is 0 Å². The number of likely N-dealkylation sites (tertiary alicyclic amines) is 1. The van der Waals surface area contributed by atoms with Crippen molar-refractivity contribution in [1.29, 1.82) is 0 Å². The molecule has 1 aliphatic heterocycles. The molecule has 0 atom stereocenters. The van der Waals surface area contributed by atoms with Crippen LogP contribution in [0.4, 0.5) is 5.82 Å². The fraction of sp³-hybridized carbons (Fsp3) is 0.727. The average molecular weight is 208 g/mol. The van der Waals surface area contributed by atoms with Gasteiger partial charge in [0.25, 0.3) is 0 Å². The van der Waals surface area contributed by atoms with Gasteiger partial charge in [-0.15, -0.1) is 0 Å². The van der Waals surface area contributed by atoms with E-state index in [-0.39, 0.29) is 0 Å². The zero-order valence-electron chi connectivity index (χ0n) is 9.61. The van der Waals surface area contributed by atoms with E-state index in [0.29, 0.717) is 11.2 Å². The van der Waals surface area contributed by atoms with Crippen molar-refractivity contribution >= 4 is 5.82 Å². The normalized spacial score (nSPS) is 20.9. The maximum Gasteiger partial charge on any atom is 0.145 e. The molecule has 2 N–H and O–H groups in total. The summed E-state index contributed by atoms with van der Waals surface area (Å²) in [4.78, 5) is 2.50. The number of anilines is 1. The quantitative estimate of drug-likeness (QED) is 0.812. The van der Waals surface area contributed by atoms with Crippen molar-refractivity contribution in [2.45, 2.75) is 26.8 Å². The number of nitrogen functional groups attached to an aromatic ring is 1. The first-order valence-electron chi connectivity index (χ1n) is 5.56. The highest BCUT2D eigenvalue weighted by molar-refractivity contribution is 5.23. The van der Waals surface area contributed by atoms with Crippen molar-refractivity contribution in [3.63, 3.8) is 0 Å². The van der Waals surface area contributed by atoms with Gasteiger partial charge < -0.3 is 10.6 Å². The first-order chi connectivity index (χ1) is 7.05. The van der Waals surface area contributed by atoms with Gasteiger partial charge in [-0.2, -0.15) is 5.10 Å². The van der Waals surface area contributed by atoms with Gasteiger partial charge in [0, 0.05) is 19.3 Å². The van der Waals surface area contributed by atoms with Gasteiger partial charge in [-0.25, -0.2) is 0 Å². The van der Waals surface area contributed by atoms with Crippen LogP contribution in [-0.4, -0.2) is 34.3 Å². The van der Waals surface area contributed by atoms with E-state index in [1.807, 2.05) is 16.9 Å². The predicted octanol–water partition coefficient (Wildman–Crippen LogP) is 1.20. The van der Waals surface area contributed by atoms with Gasteiger partial charge in [-0.1, -0.05) is 13.8 Å². The molecule has 1 aliphatic rings. The molecule has 0 amide bonds. The van der Waals surface area contributed by atoms with Crippen molar-refractivity contribution in [3.8, 4) is 0 Å². The molecule has 1 fully saturated rings. The third-order valence-electron chi connectivity index (χ3n) is 3.06. The van der Waals surface area contributed by atoms with E-state index in [2.05, 4.69) is 23.8 Å². The van der Waals surface area contributed by atoms with E-state index in [0.717, 1.165) is 13.1 Å². The Morgan fingerprint density at radius 1 is 1.47 bits per heavy atom. The lowest BCUT2D eigenvalue weighted by molar-refractivity contribution is 0.277. The molecular formula is C11H20N4. The molecule has 0 bridgehead atoms. The first-order valence-corrected chi connectivity index (χ1v) is 5.56. The van der Waals surface area contributed by atoms with Gasteiger partial charge in [-0.3, -0.25) is 4.68 Å². The van der Waals surface area contributed by atoms with Crippen LogP contribution < -0.4 is 5.73 Å². The Morgan fingerprint density at radius 2 is 2.27 bits per heavy atom. The summed E-state index contributed by atoms with van der Waals surface area (Å²) in [5, 5.41) is 4.18. The molecule has 84 valence electrons. The monoisotopic (exact) mass is 208 g/mol. The summed E-state index contributed by atoms with van der Waals surface area (Å²) in [5.74, 6) is 0.608. The summed E-state index contributed by atoms with van der Waals surface area (Å²) in [6, 6.07) is 1.84. The van der Waals surface area contributed by atoms with Crippen LogP contribution in [0, 0.1) is 5.41 Å². The zero-order chi connectivity index (χ0) is 10.9. The standard InChI is InChI=1S/C11H20N4/c1-11(2)4-6-14(9-11)7-8-15-5-3-10(12)13-15/h3,5H,4,6-9H2,1-2H3,(H2,12,13). The van der Waals surface area contributed by atoms with Gasteiger partial charge in [0.15, 0.2) is 0 Å². The minimum Gasteiger partial charge on any atom is -0.382 e. The van der Waals surface area contributed by atoms with Crippen LogP contribution in [0.5, 0.6) is 0 Å². The molecule has 0 unspecified atom stereocenters. The van der Waals surface area contributed by atoms with E-state index >= 15 is 0 Å². The maximum atomic E-state index is 5.56. The third kappa shape index (κ3) is 2.72. The van der Waals surface area contributed by atoms with E-state index < -0.39 is 0 Å². The molecule has 1 aromatic heterocycles. The number of nitrogens with zero attached hydrogens (tertiary/aromatic N) is 3. The molecule has 2 heterocycles. The molecule has 0 radical (unpaired) electrons. The van der Waals surface area contributed by atoms with Crippen LogP contribution in [0.2, 0.25) is 0 Å². The van der Waals surface area contributed by atoms with E-state index in [9.17, 15) is 0 Å². The van der Waals surface area contributed by atoms with Gasteiger partial charge >= 0.3 is 0 Å². The lowest BCUT2D eigenvalue weighted by Gasteiger charge is -2.19. The molecule has 15 heavy (non-hydrogen) atoms. The van der Waals surface area contributed by atoms with Crippen LogP contribution in [0.15, 0.2) is 12.3 Å². The summed E-state index contributed by atoms with van der Waals surface area (Å²) in [5.41, 5.74) is 6.05. The Balaban J connectivity index is 1.80. The number of hydrogen-bond acceptors (Lipinski definition) is 3. The fourth-order valence-electron chi connectivity index (χ4n) is 2.16. The number of hydrogen-bond donors (Lipinski definition) is 1. The minimum atomic E-state index is 0.489. The second-order valence-electron chi connectivity index (χ2n) is 5.19. The van der Waals surface area contributed by atoms with Crippen LogP contribution in [0.1, 0.15) is 20.3 Å². The first kappa shape index (κ1) is 10.5. The van der Waals surface area contributed by atoms with E-state index in [4.69, 9.17) is 5.73 Å². The SMILES string of the molecule is CC1(C)CCN(CCn2ccc(N)n2)C1. The maximum absolute atomic E-state index is 5.56. The third-order valence-corrected chi connectivity index (χ3v) is 3.06. The highest BCUT2D eigenvalue weighted by atomic mass is 15.3. The Hall–Kier alpha value is -1.03. The molecule has 0 saturated carbocycles. The van der Waals surface area contributed by atoms with Crippen molar-refractivity contribution in [2.24, 2.45) is 5.41 Å². The van der Waals surface area contributed by atoms with Crippen molar-refractivity contribution in [3.05, 3.63) is 12.3 Å². The summed E-state index contributed by atoms with van der Waals surface area (Å²) in [6.07, 6.45) is 3.24. The second kappa shape index (κ2) is 3.85. The van der Waals surface area contributed by atoms with Crippen molar-refractivity contribution in [2.75, 3.05) is 25.4 Å². The molecule has 4 nitrogen and oxygen atoms in total. The minimum absolute atomic E-state index is 0.489. The van der Waals surface area contributed by atoms with Gasteiger partial charge in [0.2, 0.25) is 0 Å². The topological polar surface area (TPSA) is 47.1 Å². The summed E-state index contributed by atoms with van der Waals surface area (Å²) in [7, 11) is 0. The molecule has 1 aromatic rings. The second-order valence-corrected chi connectivity index (χ2v) is 5.19. The predicted molar refractivity (Wildman–Crippen MR) is 61.5 cm³/mol. The molecule has 4 heteroatoms. The average Bonchev–Trinajstić information content (AvgIpc) is 2.69. The molecule has 1 saturated heterocycles. The summed E-state index contributed by atoms with van der Waals surface area (Å²) in [6.45, 7) is 9.09. The largest absolute Gasteiger partial charge is 0.382 e. The number of nitrogens with two attached hydrogens (primary N) is 1. The lowest BCUT2D eigenvalue weighted by Crippen LogP contribution is -2.27. The smallest absolute Gasteiger partial charge is 0.145 e. The summed E-state index contributed by atoms with van der Waals surface area (Å²) < 4.78 is 1.92. The lowest BCUT2D eigenvalue weighted by atomic mass is 9.93. The molecule has 0 spiro atoms. The van der Waals surface area contributed by atoms with Crippen LogP contribution >= 0.6 is 0 Å². The zero-order valence-corrected chi connectivity index (χ0v) is 9.61. The fourth-order valence-corrected chi connectivity index (χ4v) is 2.16. The van der Waals surface area contributed by atoms with Crippen LogP contribution in [0.3, 0.4) is 0 Å². The van der Waals surface area contributed by atoms with Gasteiger partial charge in [0.1, 0.15) is 5.82 Å². The van der Waals surface area contributed by atoms with E-state index in [1.165, 1.54) is 19.5 Å². The van der Waals surface area contributed by atoms with Crippen molar-refractivity contribution < 1.29 is 0 Å². The van der Waals surface area contributed by atoms with Gasteiger partial charge in [0.05, 0.1) is 6.54 Å². The Morgan fingerprint density at radius 3 is 2.80 bits per heavy atom. The number of rotatable bonds is 3. The summed E-state index contributed by atoms with van der Waals surface area (Å²) >= 11 is 0. The molecular weight excluding hydrogens is 188 g/mol. The highest BCUT2D eigenvalue weighted by Crippen LogP contribution is 2.28. The van der Waals surface area contributed by atoms with Crippen LogP contribution in [-0.2, 0) is 6.54 Å². The van der Waals surface area contributed by atoms with Crippen molar-refractivity contribution in [1.82, 2.24) is 14.7 Å². The molecule has 2 rings (SSSR count). The Labute approximate surface area is 91.1 Å².